The van der Waals surface area contributed by atoms with Crippen molar-refractivity contribution in [2.75, 3.05) is 0 Å². The van der Waals surface area contributed by atoms with E-state index in [1.165, 1.54) is 11.3 Å². The zero-order valence-electron chi connectivity index (χ0n) is 8.88. The SMILES string of the molecule is Cc1sc(C=O)cc1C(=O)C(C)(C)C. The van der Waals surface area contributed by atoms with E-state index in [0.29, 0.717) is 10.4 Å². The molecule has 0 aromatic carbocycles. The highest BCUT2D eigenvalue weighted by molar-refractivity contribution is 7.13. The average Bonchev–Trinajstić information content (AvgIpc) is 2.43. The van der Waals surface area contributed by atoms with E-state index in [4.69, 9.17) is 0 Å². The lowest BCUT2D eigenvalue weighted by molar-refractivity contribution is 0.0858. The van der Waals surface area contributed by atoms with Crippen LogP contribution in [-0.2, 0) is 0 Å². The molecule has 0 fully saturated rings. The Morgan fingerprint density at radius 1 is 1.43 bits per heavy atom. The summed E-state index contributed by atoms with van der Waals surface area (Å²) in [5, 5.41) is 0. The molecule has 1 rings (SSSR count). The predicted octanol–water partition coefficient (Wildman–Crippen LogP) is 3.10. The zero-order valence-corrected chi connectivity index (χ0v) is 9.70. The number of hydrogen-bond donors (Lipinski definition) is 0. The van der Waals surface area contributed by atoms with Gasteiger partial charge in [0.25, 0.3) is 0 Å². The molecule has 0 atom stereocenters. The Hall–Kier alpha value is -0.960. The van der Waals surface area contributed by atoms with E-state index in [-0.39, 0.29) is 11.2 Å². The topological polar surface area (TPSA) is 34.1 Å². The van der Waals surface area contributed by atoms with Crippen LogP contribution >= 0.6 is 11.3 Å². The first-order valence-corrected chi connectivity index (χ1v) is 5.28. The molecule has 0 N–H and O–H groups in total. The number of aryl methyl sites for hydroxylation is 1. The fourth-order valence-corrected chi connectivity index (χ4v) is 2.03. The summed E-state index contributed by atoms with van der Waals surface area (Å²) in [5.41, 5.74) is 0.302. The molecular weight excluding hydrogens is 196 g/mol. The summed E-state index contributed by atoms with van der Waals surface area (Å²) in [6.07, 6.45) is 0.789. The minimum Gasteiger partial charge on any atom is -0.297 e. The van der Waals surface area contributed by atoms with E-state index in [1.807, 2.05) is 27.7 Å². The van der Waals surface area contributed by atoms with Gasteiger partial charge in [-0.15, -0.1) is 11.3 Å². The summed E-state index contributed by atoms with van der Waals surface area (Å²) >= 11 is 1.37. The first-order chi connectivity index (χ1) is 6.36. The first kappa shape index (κ1) is 11.1. The lowest BCUT2D eigenvalue weighted by atomic mass is 9.87. The van der Waals surface area contributed by atoms with Crippen molar-refractivity contribution in [3.63, 3.8) is 0 Å². The number of aldehydes is 1. The summed E-state index contributed by atoms with van der Waals surface area (Å²) < 4.78 is 0. The first-order valence-electron chi connectivity index (χ1n) is 4.46. The summed E-state index contributed by atoms with van der Waals surface area (Å²) in [6.45, 7) is 7.52. The number of carbonyl (C=O) groups is 2. The van der Waals surface area contributed by atoms with Crippen molar-refractivity contribution >= 4 is 23.4 Å². The van der Waals surface area contributed by atoms with Gasteiger partial charge < -0.3 is 0 Å². The van der Waals surface area contributed by atoms with Crippen LogP contribution in [0.15, 0.2) is 6.07 Å². The third kappa shape index (κ3) is 2.10. The second-order valence-corrected chi connectivity index (χ2v) is 5.60. The summed E-state index contributed by atoms with van der Waals surface area (Å²) in [5.74, 6) is 0.0966. The smallest absolute Gasteiger partial charge is 0.169 e. The summed E-state index contributed by atoms with van der Waals surface area (Å²) in [4.78, 5) is 24.0. The molecule has 3 heteroatoms. The van der Waals surface area contributed by atoms with Crippen LogP contribution in [0.4, 0.5) is 0 Å². The molecule has 0 saturated carbocycles. The third-order valence-electron chi connectivity index (χ3n) is 1.98. The Bertz CT molecular complexity index is 369. The van der Waals surface area contributed by atoms with Gasteiger partial charge in [-0.3, -0.25) is 9.59 Å². The normalized spacial score (nSPS) is 11.4. The molecule has 0 amide bonds. The maximum atomic E-state index is 11.9. The maximum Gasteiger partial charge on any atom is 0.169 e. The molecule has 0 saturated heterocycles. The number of rotatable bonds is 2. The second-order valence-electron chi connectivity index (χ2n) is 4.32. The molecule has 14 heavy (non-hydrogen) atoms. The van der Waals surface area contributed by atoms with Crippen molar-refractivity contribution in [2.45, 2.75) is 27.7 Å². The van der Waals surface area contributed by atoms with Crippen molar-refractivity contribution in [1.82, 2.24) is 0 Å². The lowest BCUT2D eigenvalue weighted by Crippen LogP contribution is -2.20. The minimum atomic E-state index is -0.383. The number of ketones is 1. The molecule has 76 valence electrons. The van der Waals surface area contributed by atoms with Crippen LogP contribution in [0, 0.1) is 12.3 Å². The van der Waals surface area contributed by atoms with Crippen LogP contribution in [-0.4, -0.2) is 12.1 Å². The van der Waals surface area contributed by atoms with E-state index in [0.717, 1.165) is 11.2 Å². The number of thiophene rings is 1. The van der Waals surface area contributed by atoms with Gasteiger partial charge in [0.1, 0.15) is 0 Å². The van der Waals surface area contributed by atoms with Crippen LogP contribution < -0.4 is 0 Å². The van der Waals surface area contributed by atoms with Crippen LogP contribution in [0.25, 0.3) is 0 Å². The highest BCUT2D eigenvalue weighted by Gasteiger charge is 2.25. The Kier molecular flexibility index (Phi) is 2.90. The Labute approximate surface area is 87.9 Å². The molecule has 2 nitrogen and oxygen atoms in total. The lowest BCUT2D eigenvalue weighted by Gasteiger charge is -2.15. The van der Waals surface area contributed by atoms with Gasteiger partial charge in [0.05, 0.1) is 4.88 Å². The second kappa shape index (κ2) is 3.65. The number of carbonyl (C=O) groups excluding carboxylic acids is 2. The fraction of sp³-hybridized carbons (Fsp3) is 0.455. The van der Waals surface area contributed by atoms with Crippen molar-refractivity contribution in [3.8, 4) is 0 Å². The monoisotopic (exact) mass is 210 g/mol. The van der Waals surface area contributed by atoms with Gasteiger partial charge >= 0.3 is 0 Å². The summed E-state index contributed by atoms with van der Waals surface area (Å²) in [7, 11) is 0. The molecule has 0 aliphatic carbocycles. The zero-order chi connectivity index (χ0) is 10.9. The molecule has 1 aromatic rings. The van der Waals surface area contributed by atoms with E-state index < -0.39 is 0 Å². The third-order valence-corrected chi connectivity index (χ3v) is 2.95. The minimum absolute atomic E-state index is 0.0966. The molecular formula is C11H14O2S. The van der Waals surface area contributed by atoms with Gasteiger partial charge in [-0.25, -0.2) is 0 Å². The van der Waals surface area contributed by atoms with E-state index >= 15 is 0 Å². The number of hydrogen-bond acceptors (Lipinski definition) is 3. The van der Waals surface area contributed by atoms with Gasteiger partial charge in [0.15, 0.2) is 12.1 Å². The molecule has 1 heterocycles. The van der Waals surface area contributed by atoms with Crippen LogP contribution in [0.2, 0.25) is 0 Å². The average molecular weight is 210 g/mol. The van der Waals surface area contributed by atoms with E-state index in [2.05, 4.69) is 0 Å². The number of Topliss-reactive ketones (excluding diaryl/α,β-unsaturated/α-hetero) is 1. The van der Waals surface area contributed by atoms with Gasteiger partial charge in [0.2, 0.25) is 0 Å². The Balaban J connectivity index is 3.13. The van der Waals surface area contributed by atoms with Crippen molar-refractivity contribution in [1.29, 1.82) is 0 Å². The van der Waals surface area contributed by atoms with Crippen LogP contribution in [0.1, 0.15) is 45.7 Å². The van der Waals surface area contributed by atoms with Crippen LogP contribution in [0.5, 0.6) is 0 Å². The molecule has 0 unspecified atom stereocenters. The molecule has 0 bridgehead atoms. The van der Waals surface area contributed by atoms with E-state index in [9.17, 15) is 9.59 Å². The van der Waals surface area contributed by atoms with E-state index in [1.54, 1.807) is 6.07 Å². The maximum absolute atomic E-state index is 11.9. The van der Waals surface area contributed by atoms with Gasteiger partial charge in [-0.2, -0.15) is 0 Å². The quantitative estimate of drug-likeness (QED) is 0.555. The van der Waals surface area contributed by atoms with Gasteiger partial charge in [-0.1, -0.05) is 20.8 Å². The van der Waals surface area contributed by atoms with Crippen LogP contribution in [0.3, 0.4) is 0 Å². The van der Waals surface area contributed by atoms with Crippen molar-refractivity contribution < 1.29 is 9.59 Å². The van der Waals surface area contributed by atoms with Crippen molar-refractivity contribution in [2.24, 2.45) is 5.41 Å². The standard InChI is InChI=1S/C11H14O2S/c1-7-9(5-8(6-12)14-7)10(13)11(2,3)4/h5-6H,1-4H3. The molecule has 0 aliphatic heterocycles. The molecule has 0 spiro atoms. The Morgan fingerprint density at radius 3 is 2.36 bits per heavy atom. The highest BCUT2D eigenvalue weighted by atomic mass is 32.1. The van der Waals surface area contributed by atoms with Crippen molar-refractivity contribution in [3.05, 3.63) is 21.4 Å². The van der Waals surface area contributed by atoms with Gasteiger partial charge in [0, 0.05) is 15.9 Å². The molecule has 0 aliphatic rings. The highest BCUT2D eigenvalue weighted by Crippen LogP contribution is 2.27. The molecule has 1 aromatic heterocycles. The largest absolute Gasteiger partial charge is 0.297 e. The molecule has 0 radical (unpaired) electrons. The predicted molar refractivity (Wildman–Crippen MR) is 58.2 cm³/mol. The summed E-state index contributed by atoms with van der Waals surface area (Å²) in [6, 6.07) is 1.68. The van der Waals surface area contributed by atoms with Gasteiger partial charge in [-0.05, 0) is 13.0 Å². The fourth-order valence-electron chi connectivity index (χ4n) is 1.19. The Morgan fingerprint density at radius 2 is 2.00 bits per heavy atom.